The van der Waals surface area contributed by atoms with E-state index in [4.69, 9.17) is 56.8 Å². The van der Waals surface area contributed by atoms with E-state index in [1.807, 2.05) is 146 Å². The van der Waals surface area contributed by atoms with Crippen molar-refractivity contribution in [1.82, 2.24) is 41.2 Å². The predicted octanol–water partition coefficient (Wildman–Crippen LogP) is 9.22. The van der Waals surface area contributed by atoms with Crippen LogP contribution in [-0.4, -0.2) is 216 Å². The molecule has 0 unspecified atom stereocenters. The second-order valence-corrected chi connectivity index (χ2v) is 39.3. The summed E-state index contributed by atoms with van der Waals surface area (Å²) in [5.41, 5.74) is -4.40. The molecule has 8 aromatic carbocycles. The summed E-state index contributed by atoms with van der Waals surface area (Å²) in [7, 11) is 5.99. The third-order valence-electron chi connectivity index (χ3n) is 31.3. The van der Waals surface area contributed by atoms with Crippen molar-refractivity contribution in [3.63, 3.8) is 0 Å². The molecule has 32 nitrogen and oxygen atoms in total. The lowest BCUT2D eigenvalue weighted by Crippen LogP contribution is -2.53. The van der Waals surface area contributed by atoms with E-state index >= 15 is 0 Å². The van der Waals surface area contributed by atoms with Gasteiger partial charge in [-0.05, 0) is 93.0 Å². The largest absolute Gasteiger partial charge is 0.495 e. The van der Waals surface area contributed by atoms with Crippen LogP contribution in [0.3, 0.4) is 0 Å². The first-order chi connectivity index (χ1) is 70.0. The number of nitriles is 3. The number of nitrogens with zero attached hydrogens (tertiary/aromatic N) is 7. The standard InChI is InChI=1S/C28H25N3O6.2C28H27N3O5.C27H27BrN2O5/c1-35-20-12-30-13-21-24(20)27(34)25(32)22(26(33)31-19-14-36-15-19)23(17-5-3-2-4-6-17)28(27,37-21)18-9-7-16(11-29)8-10-18;2*1-34-22-13-30-14-23-25(22)27(33)26(32)21(12-31-20-15-35-16-20)24(18-5-3-2-4-6-18)28(27,36-23)19-9-7-17(11-29)8-10-19;1-33-21-12-29-13-22-24(21)26(32)25(31)20(11-30-19-14-34-15-19)23(16-5-3-2-4-6-16)27(26,35-22)17-7-9-18(28)10-8-17/h2-10,12-13,19,22-23,25,32,34H,14-15H2,1H3,(H,31,33);2*2-10,13-14,20-21,24,26,31-33H,12,15-16H2,1H3;2-10,12-13,19-20,23,25,30-32H,11,14-15H2,1H3/t22-,23-,25-,27+,28+;2*21-,24-,26-,27+,28+;20-,23-,25-,26+,27+/m1111/s1. The Morgan fingerprint density at radius 3 is 0.833 bits per heavy atom. The second kappa shape index (κ2) is 38.6. The Labute approximate surface area is 838 Å². The van der Waals surface area contributed by atoms with E-state index in [0.29, 0.717) is 163 Å². The molecule has 12 N–H and O–H groups in total. The van der Waals surface area contributed by atoms with Gasteiger partial charge in [0.2, 0.25) is 5.91 Å². The van der Waals surface area contributed by atoms with Crippen molar-refractivity contribution >= 4 is 21.8 Å². The Hall–Kier alpha value is -13.4. The molecule has 144 heavy (non-hydrogen) atoms. The molecule has 8 aliphatic heterocycles. The molecule has 0 spiro atoms. The number of benzene rings is 8. The van der Waals surface area contributed by atoms with Crippen LogP contribution in [0, 0.1) is 57.7 Å². The Morgan fingerprint density at radius 2 is 0.590 bits per heavy atom. The van der Waals surface area contributed by atoms with Gasteiger partial charge in [0.15, 0.2) is 44.8 Å². The number of aliphatic hydroxyl groups is 8. The average molecular weight is 2010 g/mol. The van der Waals surface area contributed by atoms with Crippen molar-refractivity contribution < 1.29 is 102 Å². The van der Waals surface area contributed by atoms with Gasteiger partial charge in [0.05, 0.1) is 236 Å². The van der Waals surface area contributed by atoms with Crippen LogP contribution in [0.4, 0.5) is 0 Å². The SMILES string of the molecule is COc1cncc2c1[C@]1(O)[C@H](O)[C@H](C(=O)NC3COC3)[C@@H](c3ccccc3)[C@]1(c1ccc(C#N)cc1)O2.COc1cncc2c1[C@]1(O)[C@H](O)[C@H](CNC3COC3)[C@@H](c3ccccc3)[C@]1(c1ccc(Br)cc1)O2.COc1cncc2c1[C@]1(O)[C@H](O)[C@H](CNC3COC3)[C@@H](c3ccccc3)[C@]1(c1ccc(C#N)cc1)O2.COc1cncc2c1[C@]1(O)[C@H](O)[C@H](CNC3COC3)[C@@H](c3ccccc3)[C@]1(c1ccc(C#N)cc1)O2. The first kappa shape index (κ1) is 96.7. The minimum Gasteiger partial charge on any atom is -0.495 e. The van der Waals surface area contributed by atoms with E-state index in [1.165, 1.54) is 53.2 Å². The van der Waals surface area contributed by atoms with Crippen molar-refractivity contribution in [2.24, 2.45) is 23.7 Å². The van der Waals surface area contributed by atoms with Crippen LogP contribution in [0.15, 0.2) is 272 Å². The maximum Gasteiger partial charge on any atom is 0.227 e. The summed E-state index contributed by atoms with van der Waals surface area (Å²) in [5.74, 6) is -2.11. The fourth-order valence-corrected chi connectivity index (χ4v) is 24.9. The van der Waals surface area contributed by atoms with Crippen molar-refractivity contribution in [3.8, 4) is 64.2 Å². The summed E-state index contributed by atoms with van der Waals surface area (Å²) in [5, 5.41) is 141. The molecule has 20 atom stereocenters. The van der Waals surface area contributed by atoms with Gasteiger partial charge in [0.25, 0.3) is 0 Å². The number of carbonyl (C=O) groups is 1. The minimum absolute atomic E-state index is 0.177. The van der Waals surface area contributed by atoms with Crippen molar-refractivity contribution in [2.45, 2.75) is 117 Å². The number of hydrogen-bond donors (Lipinski definition) is 12. The van der Waals surface area contributed by atoms with Crippen LogP contribution in [0.5, 0.6) is 46.0 Å². The molecule has 24 rings (SSSR count). The van der Waals surface area contributed by atoms with E-state index in [9.17, 15) is 61.4 Å². The van der Waals surface area contributed by atoms with Crippen LogP contribution in [0.25, 0.3) is 0 Å². The highest BCUT2D eigenvalue weighted by molar-refractivity contribution is 9.10. The molecular formula is C111H106BrN11O21. The highest BCUT2D eigenvalue weighted by Crippen LogP contribution is 2.75. The van der Waals surface area contributed by atoms with E-state index in [2.05, 4.69) is 75.3 Å². The summed E-state index contributed by atoms with van der Waals surface area (Å²) in [6, 6.07) is 74.1. The summed E-state index contributed by atoms with van der Waals surface area (Å²) in [4.78, 5) is 30.7. The highest BCUT2D eigenvalue weighted by Gasteiger charge is 2.82. The van der Waals surface area contributed by atoms with Crippen molar-refractivity contribution in [1.29, 1.82) is 15.8 Å². The molecule has 4 aromatic heterocycles. The number of aromatic nitrogens is 4. The fourth-order valence-electron chi connectivity index (χ4n) is 24.6. The second-order valence-electron chi connectivity index (χ2n) is 38.4. The molecule has 1 amide bonds. The molecule has 12 aromatic rings. The van der Waals surface area contributed by atoms with Gasteiger partial charge < -0.3 is 119 Å². The number of methoxy groups -OCH3 is 4. The zero-order valence-corrected chi connectivity index (χ0v) is 80.4. The normalized spacial score (nSPS) is 30.6. The van der Waals surface area contributed by atoms with Gasteiger partial charge in [-0.2, -0.15) is 15.8 Å². The van der Waals surface area contributed by atoms with Gasteiger partial charge in [-0.3, -0.25) is 24.7 Å². The Balaban J connectivity index is 0.000000113. The van der Waals surface area contributed by atoms with E-state index in [1.54, 1.807) is 97.6 Å². The Kier molecular flexibility index (Phi) is 25.9. The van der Waals surface area contributed by atoms with Gasteiger partial charge in [0.1, 0.15) is 52.1 Å². The van der Waals surface area contributed by atoms with Crippen molar-refractivity contribution in [3.05, 3.63) is 356 Å². The lowest BCUT2D eigenvalue weighted by molar-refractivity contribution is -0.155. The number of rotatable bonds is 23. The Morgan fingerprint density at radius 1 is 0.347 bits per heavy atom. The van der Waals surface area contributed by atoms with E-state index < -0.39 is 111 Å². The summed E-state index contributed by atoms with van der Waals surface area (Å²) >= 11 is 3.52. The van der Waals surface area contributed by atoms with Gasteiger partial charge in [0, 0.05) is 65.5 Å². The molecule has 4 aliphatic carbocycles. The number of amides is 1. The molecule has 8 fully saturated rings. The number of aliphatic hydroxyl groups excluding tert-OH is 4. The first-order valence-electron chi connectivity index (χ1n) is 47.8. The maximum atomic E-state index is 13.8. The third-order valence-corrected chi connectivity index (χ3v) is 31.8. The van der Waals surface area contributed by atoms with Gasteiger partial charge in [-0.15, -0.1) is 0 Å². The fraction of sp³-hybridized carbons (Fsp3) is 0.351. The van der Waals surface area contributed by atoms with Crippen LogP contribution in [0.2, 0.25) is 0 Å². The number of halogens is 1. The zero-order valence-electron chi connectivity index (χ0n) is 78.8. The van der Waals surface area contributed by atoms with Crippen LogP contribution in [-0.2, 0) is 68.6 Å². The number of nitrogens with one attached hydrogen (secondary N) is 4. The summed E-state index contributed by atoms with van der Waals surface area (Å²) < 4.78 is 71.4. The number of pyridine rings is 4. The lowest BCUT2D eigenvalue weighted by Gasteiger charge is -2.41. The van der Waals surface area contributed by atoms with Crippen LogP contribution < -0.4 is 59.2 Å². The molecule has 12 aliphatic rings. The molecule has 12 heterocycles. The maximum absolute atomic E-state index is 13.8. The molecule has 0 radical (unpaired) electrons. The number of hydrogen-bond acceptors (Lipinski definition) is 31. The molecule has 33 heteroatoms. The number of ether oxygens (including phenoxy) is 12. The highest BCUT2D eigenvalue weighted by atomic mass is 79.9. The number of carbonyl (C=O) groups excluding carboxylic acids is 1. The average Bonchev–Trinajstić information content (AvgIpc) is 1.50. The first-order valence-corrected chi connectivity index (χ1v) is 48.6. The quantitative estimate of drug-likeness (QED) is 0.0284. The minimum atomic E-state index is -2.09. The molecule has 4 saturated heterocycles. The van der Waals surface area contributed by atoms with E-state index in [-0.39, 0.29) is 53.1 Å². The molecule has 738 valence electrons. The molecular weight excluding hydrogens is 1900 g/mol. The van der Waals surface area contributed by atoms with E-state index in [0.717, 1.165) is 26.7 Å². The molecule has 0 bridgehead atoms. The summed E-state index contributed by atoms with van der Waals surface area (Å²) in [6.45, 7) is 5.88. The van der Waals surface area contributed by atoms with Gasteiger partial charge in [-0.1, -0.05) is 186 Å². The molecule has 4 saturated carbocycles. The third kappa shape index (κ3) is 14.8. The van der Waals surface area contributed by atoms with Gasteiger partial charge >= 0.3 is 0 Å². The smallest absolute Gasteiger partial charge is 0.227 e. The predicted molar refractivity (Wildman–Crippen MR) is 521 cm³/mol. The topological polar surface area (TPSA) is 461 Å². The van der Waals surface area contributed by atoms with Crippen LogP contribution in [0.1, 0.15) is 107 Å². The van der Waals surface area contributed by atoms with Gasteiger partial charge in [-0.25, -0.2) is 0 Å². The number of fused-ring (bicyclic) bond motifs is 12. The lowest BCUT2D eigenvalue weighted by atomic mass is 9.70. The van der Waals surface area contributed by atoms with Crippen LogP contribution >= 0.6 is 15.9 Å². The summed E-state index contributed by atoms with van der Waals surface area (Å²) in [6.07, 6.45) is 7.06. The monoisotopic (exact) mass is 2010 g/mol. The Bertz CT molecular complexity index is 6650. The zero-order chi connectivity index (χ0) is 99.8. The van der Waals surface area contributed by atoms with Crippen molar-refractivity contribution in [2.75, 3.05) is 101 Å².